The van der Waals surface area contributed by atoms with E-state index in [1.807, 2.05) is 0 Å². The van der Waals surface area contributed by atoms with Crippen LogP contribution >= 0.6 is 0 Å². The molecule has 2 unspecified atom stereocenters. The van der Waals surface area contributed by atoms with E-state index >= 15 is 0 Å². The molecule has 3 rings (SSSR count). The lowest BCUT2D eigenvalue weighted by Crippen LogP contribution is -2.47. The molecular formula is C12H20N2O. The molecule has 0 aromatic rings. The van der Waals surface area contributed by atoms with Crippen LogP contribution in [0.4, 0.5) is 0 Å². The first-order valence-electron chi connectivity index (χ1n) is 6.24. The van der Waals surface area contributed by atoms with Crippen molar-refractivity contribution < 1.29 is 4.79 Å². The Morgan fingerprint density at radius 1 is 1.47 bits per heavy atom. The summed E-state index contributed by atoms with van der Waals surface area (Å²) >= 11 is 0. The number of carbonyl (C=O) groups is 1. The van der Waals surface area contributed by atoms with Crippen molar-refractivity contribution in [3.05, 3.63) is 0 Å². The third-order valence-corrected chi connectivity index (χ3v) is 4.57. The van der Waals surface area contributed by atoms with Crippen LogP contribution in [0.1, 0.15) is 46.0 Å². The van der Waals surface area contributed by atoms with Crippen molar-refractivity contribution in [2.24, 2.45) is 5.92 Å². The molecule has 3 heteroatoms. The second-order valence-electron chi connectivity index (χ2n) is 5.55. The van der Waals surface area contributed by atoms with Gasteiger partial charge < -0.3 is 4.90 Å². The van der Waals surface area contributed by atoms with Crippen LogP contribution in [0.5, 0.6) is 0 Å². The number of nitrogens with zero attached hydrogens (tertiary/aromatic N) is 1. The van der Waals surface area contributed by atoms with Gasteiger partial charge in [0.15, 0.2) is 0 Å². The maximum Gasteiger partial charge on any atom is 0.244 e. The van der Waals surface area contributed by atoms with E-state index in [0.717, 1.165) is 18.8 Å². The van der Waals surface area contributed by atoms with E-state index in [1.54, 1.807) is 0 Å². The average molecular weight is 208 g/mol. The first-order chi connectivity index (χ1) is 7.14. The van der Waals surface area contributed by atoms with Gasteiger partial charge in [0.1, 0.15) is 0 Å². The molecule has 3 nitrogen and oxygen atoms in total. The van der Waals surface area contributed by atoms with E-state index in [9.17, 15) is 4.79 Å². The number of rotatable bonds is 2. The first-order valence-corrected chi connectivity index (χ1v) is 6.24. The summed E-state index contributed by atoms with van der Waals surface area (Å²) in [7, 11) is 0. The fourth-order valence-corrected chi connectivity index (χ4v) is 3.12. The molecule has 1 spiro atoms. The molecule has 1 saturated heterocycles. The van der Waals surface area contributed by atoms with Crippen LogP contribution in [0, 0.1) is 5.92 Å². The Bertz CT molecular complexity index is 294. The van der Waals surface area contributed by atoms with Gasteiger partial charge in [-0.1, -0.05) is 6.42 Å². The molecule has 2 atom stereocenters. The Balaban J connectivity index is 1.76. The summed E-state index contributed by atoms with van der Waals surface area (Å²) in [4.78, 5) is 14.4. The Hall–Kier alpha value is -0.570. The van der Waals surface area contributed by atoms with Gasteiger partial charge in [-0.05, 0) is 45.4 Å². The third-order valence-electron chi connectivity index (χ3n) is 4.57. The number of amides is 1. The summed E-state index contributed by atoms with van der Waals surface area (Å²) in [5.41, 5.74) is -0.128. The molecule has 1 amide bonds. The topological polar surface area (TPSA) is 32.3 Å². The first kappa shape index (κ1) is 9.64. The summed E-state index contributed by atoms with van der Waals surface area (Å²) < 4.78 is 0. The van der Waals surface area contributed by atoms with Crippen molar-refractivity contribution in [1.29, 1.82) is 0 Å². The van der Waals surface area contributed by atoms with Gasteiger partial charge in [0.25, 0.3) is 0 Å². The lowest BCUT2D eigenvalue weighted by molar-refractivity contribution is -0.134. The second-order valence-corrected chi connectivity index (χ2v) is 5.55. The molecule has 3 aliphatic rings. The van der Waals surface area contributed by atoms with Gasteiger partial charge in [0.05, 0.1) is 11.7 Å². The van der Waals surface area contributed by atoms with Crippen molar-refractivity contribution >= 4 is 5.91 Å². The molecule has 2 saturated carbocycles. The normalized spacial score (nSPS) is 35.7. The Kier molecular flexibility index (Phi) is 1.91. The fourth-order valence-electron chi connectivity index (χ4n) is 3.12. The van der Waals surface area contributed by atoms with E-state index < -0.39 is 0 Å². The molecule has 2 aliphatic carbocycles. The van der Waals surface area contributed by atoms with Crippen LogP contribution in [0.25, 0.3) is 0 Å². The number of hydrogen-bond acceptors (Lipinski definition) is 2. The summed E-state index contributed by atoms with van der Waals surface area (Å²) in [5.74, 6) is 1.13. The van der Waals surface area contributed by atoms with Crippen molar-refractivity contribution in [3.8, 4) is 0 Å². The van der Waals surface area contributed by atoms with Gasteiger partial charge in [-0.3, -0.25) is 10.1 Å². The van der Waals surface area contributed by atoms with Gasteiger partial charge in [-0.2, -0.15) is 0 Å². The zero-order valence-electron chi connectivity index (χ0n) is 9.62. The highest BCUT2D eigenvalue weighted by atomic mass is 16.2. The van der Waals surface area contributed by atoms with Crippen molar-refractivity contribution in [1.82, 2.24) is 10.2 Å². The molecule has 1 heterocycles. The summed E-state index contributed by atoms with van der Waals surface area (Å²) in [5, 5.41) is 3.46. The van der Waals surface area contributed by atoms with Crippen LogP contribution < -0.4 is 5.32 Å². The summed E-state index contributed by atoms with van der Waals surface area (Å²) in [6, 6.07) is 0.439. The van der Waals surface area contributed by atoms with Crippen molar-refractivity contribution in [2.45, 2.75) is 63.7 Å². The quantitative estimate of drug-likeness (QED) is 0.745. The molecule has 1 aliphatic heterocycles. The number of hydrogen-bond donors (Lipinski definition) is 1. The fraction of sp³-hybridized carbons (Fsp3) is 0.917. The van der Waals surface area contributed by atoms with E-state index in [2.05, 4.69) is 24.1 Å². The minimum Gasteiger partial charge on any atom is -0.323 e. The zero-order valence-corrected chi connectivity index (χ0v) is 9.62. The lowest BCUT2D eigenvalue weighted by Gasteiger charge is -2.39. The Labute approximate surface area is 91.2 Å². The Morgan fingerprint density at radius 3 is 2.53 bits per heavy atom. The molecular weight excluding hydrogens is 188 g/mol. The maximum absolute atomic E-state index is 12.2. The molecule has 0 radical (unpaired) electrons. The molecule has 1 N–H and O–H groups in total. The smallest absolute Gasteiger partial charge is 0.244 e. The van der Waals surface area contributed by atoms with Crippen LogP contribution in [0.2, 0.25) is 0 Å². The van der Waals surface area contributed by atoms with E-state index in [0.29, 0.717) is 11.9 Å². The van der Waals surface area contributed by atoms with E-state index in [4.69, 9.17) is 0 Å². The molecule has 0 aromatic carbocycles. The van der Waals surface area contributed by atoms with E-state index in [1.165, 1.54) is 19.3 Å². The van der Waals surface area contributed by atoms with Crippen LogP contribution in [0.3, 0.4) is 0 Å². The summed E-state index contributed by atoms with van der Waals surface area (Å²) in [6.07, 6.45) is 6.31. The molecule has 0 aromatic heterocycles. The SMILES string of the molecule is CC1NC2(CC2)C(=O)N1C(C)C1CCC1. The molecule has 15 heavy (non-hydrogen) atoms. The highest BCUT2D eigenvalue weighted by Gasteiger charge is 2.59. The minimum atomic E-state index is -0.128. The van der Waals surface area contributed by atoms with Gasteiger partial charge >= 0.3 is 0 Å². The zero-order chi connectivity index (χ0) is 10.6. The highest BCUT2D eigenvalue weighted by molar-refractivity contribution is 5.92. The van der Waals surface area contributed by atoms with Crippen LogP contribution in [-0.4, -0.2) is 28.6 Å². The van der Waals surface area contributed by atoms with Gasteiger partial charge in [0.2, 0.25) is 5.91 Å². The maximum atomic E-state index is 12.2. The second kappa shape index (κ2) is 2.97. The highest BCUT2D eigenvalue weighted by Crippen LogP contribution is 2.44. The molecule has 84 valence electrons. The van der Waals surface area contributed by atoms with Crippen LogP contribution in [0.15, 0.2) is 0 Å². The minimum absolute atomic E-state index is 0.128. The largest absolute Gasteiger partial charge is 0.323 e. The molecule has 0 bridgehead atoms. The standard InChI is InChI=1S/C12H20N2O/c1-8(10-4-3-5-10)14-9(2)13-12(6-7-12)11(14)15/h8-10,13H,3-7H2,1-2H3. The third kappa shape index (κ3) is 1.25. The Morgan fingerprint density at radius 2 is 2.13 bits per heavy atom. The van der Waals surface area contributed by atoms with Crippen molar-refractivity contribution in [3.63, 3.8) is 0 Å². The van der Waals surface area contributed by atoms with Crippen molar-refractivity contribution in [2.75, 3.05) is 0 Å². The van der Waals surface area contributed by atoms with Gasteiger partial charge in [-0.25, -0.2) is 0 Å². The number of carbonyl (C=O) groups excluding carboxylic acids is 1. The van der Waals surface area contributed by atoms with Gasteiger partial charge in [0, 0.05) is 6.04 Å². The summed E-state index contributed by atoms with van der Waals surface area (Å²) in [6.45, 7) is 4.35. The van der Waals surface area contributed by atoms with Gasteiger partial charge in [-0.15, -0.1) is 0 Å². The predicted molar refractivity (Wildman–Crippen MR) is 58.2 cm³/mol. The predicted octanol–water partition coefficient (Wildman–Crippen LogP) is 1.49. The van der Waals surface area contributed by atoms with Crippen LogP contribution in [-0.2, 0) is 4.79 Å². The molecule has 3 fully saturated rings. The lowest BCUT2D eigenvalue weighted by atomic mass is 9.79. The monoisotopic (exact) mass is 208 g/mol. The van der Waals surface area contributed by atoms with E-state index in [-0.39, 0.29) is 11.7 Å². The average Bonchev–Trinajstić information content (AvgIpc) is 2.77. The number of nitrogens with one attached hydrogen (secondary N) is 1.